The maximum absolute atomic E-state index is 13.5. The standard InChI is InChI=1S/C14H16F2N4/c1-2-17-14-19-9-12(16)13(20-14)18-8-7-10-5-3-4-6-11(10)15/h3-6,9H,2,7-8H2,1H3,(H2,17,18,19,20). The van der Waals surface area contributed by atoms with Crippen molar-refractivity contribution in [3.8, 4) is 0 Å². The third-order valence-corrected chi connectivity index (χ3v) is 2.72. The van der Waals surface area contributed by atoms with Crippen LogP contribution in [0.4, 0.5) is 20.5 Å². The van der Waals surface area contributed by atoms with E-state index in [4.69, 9.17) is 0 Å². The number of nitrogens with one attached hydrogen (secondary N) is 2. The van der Waals surface area contributed by atoms with Gasteiger partial charge >= 0.3 is 0 Å². The highest BCUT2D eigenvalue weighted by Gasteiger charge is 2.06. The number of hydrogen-bond acceptors (Lipinski definition) is 4. The molecular formula is C14H16F2N4. The lowest BCUT2D eigenvalue weighted by atomic mass is 10.1. The molecule has 0 aliphatic heterocycles. The van der Waals surface area contributed by atoms with E-state index in [1.54, 1.807) is 18.2 Å². The van der Waals surface area contributed by atoms with Crippen molar-refractivity contribution in [2.45, 2.75) is 13.3 Å². The SMILES string of the molecule is CCNc1ncc(F)c(NCCc2ccccc2F)n1. The molecule has 20 heavy (non-hydrogen) atoms. The van der Waals surface area contributed by atoms with Gasteiger partial charge in [-0.1, -0.05) is 18.2 Å². The van der Waals surface area contributed by atoms with Gasteiger partial charge in [-0.15, -0.1) is 0 Å². The summed E-state index contributed by atoms with van der Waals surface area (Å²) in [7, 11) is 0. The van der Waals surface area contributed by atoms with Crippen molar-refractivity contribution in [1.82, 2.24) is 9.97 Å². The molecular weight excluding hydrogens is 262 g/mol. The van der Waals surface area contributed by atoms with E-state index in [1.807, 2.05) is 6.92 Å². The highest BCUT2D eigenvalue weighted by Crippen LogP contribution is 2.12. The Balaban J connectivity index is 1.97. The van der Waals surface area contributed by atoms with Gasteiger partial charge in [-0.3, -0.25) is 0 Å². The third kappa shape index (κ3) is 3.63. The van der Waals surface area contributed by atoms with Gasteiger partial charge in [0.05, 0.1) is 6.20 Å². The second kappa shape index (κ2) is 6.79. The molecule has 2 N–H and O–H groups in total. The number of hydrogen-bond donors (Lipinski definition) is 2. The van der Waals surface area contributed by atoms with E-state index in [0.29, 0.717) is 31.0 Å². The lowest BCUT2D eigenvalue weighted by molar-refractivity contribution is 0.608. The number of nitrogens with zero attached hydrogens (tertiary/aromatic N) is 2. The average Bonchev–Trinajstić information content (AvgIpc) is 2.44. The molecule has 0 unspecified atom stereocenters. The van der Waals surface area contributed by atoms with Crippen LogP contribution in [0.1, 0.15) is 12.5 Å². The van der Waals surface area contributed by atoms with E-state index in [-0.39, 0.29) is 11.6 Å². The van der Waals surface area contributed by atoms with Gasteiger partial charge in [0.15, 0.2) is 11.6 Å². The molecule has 6 heteroatoms. The average molecular weight is 278 g/mol. The topological polar surface area (TPSA) is 49.8 Å². The molecule has 2 rings (SSSR count). The minimum absolute atomic E-state index is 0.118. The van der Waals surface area contributed by atoms with Crippen LogP contribution in [0.25, 0.3) is 0 Å². The fraction of sp³-hybridized carbons (Fsp3) is 0.286. The zero-order valence-electron chi connectivity index (χ0n) is 11.2. The Kier molecular flexibility index (Phi) is 4.81. The summed E-state index contributed by atoms with van der Waals surface area (Å²) >= 11 is 0. The summed E-state index contributed by atoms with van der Waals surface area (Å²) in [6, 6.07) is 6.52. The minimum Gasteiger partial charge on any atom is -0.367 e. The van der Waals surface area contributed by atoms with Crippen LogP contribution in [0.15, 0.2) is 30.5 Å². The van der Waals surface area contributed by atoms with Gasteiger partial charge in [-0.2, -0.15) is 4.98 Å². The highest BCUT2D eigenvalue weighted by atomic mass is 19.1. The zero-order chi connectivity index (χ0) is 14.4. The second-order valence-electron chi connectivity index (χ2n) is 4.19. The van der Waals surface area contributed by atoms with Crippen molar-refractivity contribution in [2.24, 2.45) is 0 Å². The van der Waals surface area contributed by atoms with Crippen LogP contribution in [0.3, 0.4) is 0 Å². The molecule has 0 amide bonds. The summed E-state index contributed by atoms with van der Waals surface area (Å²) in [5.74, 6) is -0.305. The largest absolute Gasteiger partial charge is 0.367 e. The van der Waals surface area contributed by atoms with E-state index in [0.717, 1.165) is 6.20 Å². The van der Waals surface area contributed by atoms with Gasteiger partial charge in [-0.05, 0) is 25.0 Å². The summed E-state index contributed by atoms with van der Waals surface area (Å²) in [6.07, 6.45) is 1.56. The number of halogens is 2. The first kappa shape index (κ1) is 14.2. The Labute approximate surface area is 116 Å². The quantitative estimate of drug-likeness (QED) is 0.853. The van der Waals surface area contributed by atoms with Gasteiger partial charge < -0.3 is 10.6 Å². The molecule has 0 atom stereocenters. The Morgan fingerprint density at radius 3 is 2.65 bits per heavy atom. The van der Waals surface area contributed by atoms with Crippen LogP contribution in [-0.2, 0) is 6.42 Å². The summed E-state index contributed by atoms with van der Waals surface area (Å²) < 4.78 is 26.9. The van der Waals surface area contributed by atoms with Crippen molar-refractivity contribution >= 4 is 11.8 Å². The number of benzene rings is 1. The molecule has 0 saturated carbocycles. The van der Waals surface area contributed by atoms with Crippen LogP contribution < -0.4 is 10.6 Å². The summed E-state index contributed by atoms with van der Waals surface area (Å²) in [5, 5.41) is 5.76. The number of anilines is 2. The maximum Gasteiger partial charge on any atom is 0.224 e. The Hall–Kier alpha value is -2.24. The third-order valence-electron chi connectivity index (χ3n) is 2.72. The second-order valence-corrected chi connectivity index (χ2v) is 4.19. The summed E-state index contributed by atoms with van der Waals surface area (Å²) in [4.78, 5) is 7.83. The Morgan fingerprint density at radius 1 is 1.10 bits per heavy atom. The monoisotopic (exact) mass is 278 g/mol. The normalized spacial score (nSPS) is 10.3. The van der Waals surface area contributed by atoms with E-state index in [9.17, 15) is 8.78 Å². The first-order chi connectivity index (χ1) is 9.70. The lowest BCUT2D eigenvalue weighted by Crippen LogP contribution is -2.11. The molecule has 4 nitrogen and oxygen atoms in total. The molecule has 2 aromatic rings. The van der Waals surface area contributed by atoms with Crippen molar-refractivity contribution in [2.75, 3.05) is 23.7 Å². The molecule has 0 aliphatic rings. The summed E-state index contributed by atoms with van der Waals surface area (Å²) in [6.45, 7) is 2.94. The van der Waals surface area contributed by atoms with Crippen molar-refractivity contribution < 1.29 is 8.78 Å². The maximum atomic E-state index is 13.5. The van der Waals surface area contributed by atoms with E-state index in [1.165, 1.54) is 6.07 Å². The van der Waals surface area contributed by atoms with E-state index >= 15 is 0 Å². The summed E-state index contributed by atoms with van der Waals surface area (Å²) in [5.41, 5.74) is 0.585. The van der Waals surface area contributed by atoms with Gasteiger partial charge in [0.1, 0.15) is 5.82 Å². The molecule has 0 saturated heterocycles. The van der Waals surface area contributed by atoms with Gasteiger partial charge in [0.2, 0.25) is 5.95 Å². The molecule has 0 radical (unpaired) electrons. The highest BCUT2D eigenvalue weighted by molar-refractivity contribution is 5.41. The molecule has 0 aliphatic carbocycles. The van der Waals surface area contributed by atoms with Crippen molar-refractivity contribution in [1.29, 1.82) is 0 Å². The first-order valence-electron chi connectivity index (χ1n) is 6.44. The fourth-order valence-electron chi connectivity index (χ4n) is 1.75. The van der Waals surface area contributed by atoms with Gasteiger partial charge in [0, 0.05) is 13.1 Å². The molecule has 0 bridgehead atoms. The van der Waals surface area contributed by atoms with Crippen LogP contribution in [0, 0.1) is 11.6 Å². The van der Waals surface area contributed by atoms with Crippen LogP contribution in [0.5, 0.6) is 0 Å². The van der Waals surface area contributed by atoms with Gasteiger partial charge in [-0.25, -0.2) is 13.8 Å². The lowest BCUT2D eigenvalue weighted by Gasteiger charge is -2.09. The predicted molar refractivity (Wildman–Crippen MR) is 74.7 cm³/mol. The molecule has 1 aromatic carbocycles. The molecule has 106 valence electrons. The molecule has 1 aromatic heterocycles. The van der Waals surface area contributed by atoms with E-state index < -0.39 is 5.82 Å². The zero-order valence-corrected chi connectivity index (χ0v) is 11.2. The number of rotatable bonds is 6. The molecule has 1 heterocycles. The van der Waals surface area contributed by atoms with Crippen molar-refractivity contribution in [3.05, 3.63) is 47.7 Å². The number of aromatic nitrogens is 2. The first-order valence-corrected chi connectivity index (χ1v) is 6.44. The fourth-order valence-corrected chi connectivity index (χ4v) is 1.75. The smallest absolute Gasteiger partial charge is 0.224 e. The minimum atomic E-state index is -0.528. The van der Waals surface area contributed by atoms with Crippen molar-refractivity contribution in [3.63, 3.8) is 0 Å². The molecule has 0 fully saturated rings. The van der Waals surface area contributed by atoms with Gasteiger partial charge in [0.25, 0.3) is 0 Å². The Bertz CT molecular complexity index is 575. The predicted octanol–water partition coefficient (Wildman–Crippen LogP) is 2.84. The van der Waals surface area contributed by atoms with E-state index in [2.05, 4.69) is 20.6 Å². The Morgan fingerprint density at radius 2 is 1.90 bits per heavy atom. The molecule has 0 spiro atoms. The van der Waals surface area contributed by atoms with Crippen LogP contribution in [-0.4, -0.2) is 23.1 Å². The van der Waals surface area contributed by atoms with Crippen LogP contribution in [0.2, 0.25) is 0 Å². The van der Waals surface area contributed by atoms with Crippen LogP contribution >= 0.6 is 0 Å².